The number of ketones is 1. The maximum Gasteiger partial charge on any atom is 0.299 e. The molecule has 3 rings (SSSR count). The summed E-state index contributed by atoms with van der Waals surface area (Å²) in [4.78, 5) is 28.8. The fourth-order valence-electron chi connectivity index (χ4n) is 2.15. The highest BCUT2D eigenvalue weighted by molar-refractivity contribution is 7.09. The first-order valence-electron chi connectivity index (χ1n) is 5.73. The minimum Gasteiger partial charge on any atom is -0.296 e. The molecule has 7 heteroatoms. The lowest BCUT2D eigenvalue weighted by Crippen LogP contribution is -2.29. The van der Waals surface area contributed by atoms with Crippen LogP contribution in [0.15, 0.2) is 17.5 Å². The molecule has 102 valence electrons. The Kier molecular flexibility index (Phi) is 2.86. The van der Waals surface area contributed by atoms with Crippen LogP contribution in [0.4, 0.5) is 14.5 Å². The van der Waals surface area contributed by atoms with Gasteiger partial charge in [0, 0.05) is 11.4 Å². The fraction of sp³-hybridized carbons (Fsp3) is 0.154. The number of nitrogens with zero attached hydrogens (tertiary/aromatic N) is 2. The summed E-state index contributed by atoms with van der Waals surface area (Å²) in [6.07, 6.45) is 0. The predicted molar refractivity (Wildman–Crippen MR) is 68.7 cm³/mol. The molecule has 20 heavy (non-hydrogen) atoms. The van der Waals surface area contributed by atoms with Gasteiger partial charge in [0.15, 0.2) is 5.82 Å². The van der Waals surface area contributed by atoms with Gasteiger partial charge >= 0.3 is 0 Å². The molecule has 1 aromatic heterocycles. The Morgan fingerprint density at radius 1 is 1.30 bits per heavy atom. The van der Waals surface area contributed by atoms with Crippen LogP contribution in [0.3, 0.4) is 0 Å². The molecule has 0 spiro atoms. The molecule has 4 nitrogen and oxygen atoms in total. The van der Waals surface area contributed by atoms with E-state index >= 15 is 0 Å². The number of hydrogen-bond donors (Lipinski definition) is 0. The molecule has 1 aromatic carbocycles. The molecule has 2 aromatic rings. The molecular weight excluding hydrogens is 286 g/mol. The van der Waals surface area contributed by atoms with Crippen molar-refractivity contribution in [3.8, 4) is 0 Å². The summed E-state index contributed by atoms with van der Waals surface area (Å²) in [7, 11) is 0. The number of Topliss-reactive ketones (excluding diaryl/α,β-unsaturated/α-hetero) is 1. The van der Waals surface area contributed by atoms with Crippen LogP contribution in [0.5, 0.6) is 0 Å². The van der Waals surface area contributed by atoms with Crippen LogP contribution in [0.25, 0.3) is 0 Å². The molecule has 0 bridgehead atoms. The van der Waals surface area contributed by atoms with Gasteiger partial charge in [0.05, 0.1) is 28.5 Å². The van der Waals surface area contributed by atoms with Crippen LogP contribution in [-0.2, 0) is 11.3 Å². The van der Waals surface area contributed by atoms with Crippen molar-refractivity contribution in [2.75, 3.05) is 4.90 Å². The van der Waals surface area contributed by atoms with E-state index in [2.05, 4.69) is 4.98 Å². The van der Waals surface area contributed by atoms with Gasteiger partial charge in [0.1, 0.15) is 5.82 Å². The molecule has 1 aliphatic rings. The lowest BCUT2D eigenvalue weighted by atomic mass is 10.1. The Hall–Kier alpha value is -2.15. The maximum atomic E-state index is 13.9. The average molecular weight is 294 g/mol. The SMILES string of the molecule is Cc1nc(CN2C(=O)C(=O)c3cc(F)cc(F)c32)cs1. The minimum atomic E-state index is -0.925. The molecule has 1 aliphatic heterocycles. The van der Waals surface area contributed by atoms with Crippen LogP contribution >= 0.6 is 11.3 Å². The predicted octanol–water partition coefficient (Wildman–Crippen LogP) is 2.46. The standard InChI is InChI=1S/C13H8F2N2O2S/c1-6-16-8(5-20-6)4-17-11-9(12(18)13(17)19)2-7(14)3-10(11)15/h2-3,5H,4H2,1H3. The highest BCUT2D eigenvalue weighted by Crippen LogP contribution is 2.33. The van der Waals surface area contributed by atoms with Crippen LogP contribution in [-0.4, -0.2) is 16.7 Å². The number of thiazole rings is 1. The third kappa shape index (κ3) is 1.90. The number of hydrogen-bond acceptors (Lipinski definition) is 4. The number of carbonyl (C=O) groups is 2. The van der Waals surface area contributed by atoms with Gasteiger partial charge in [-0.2, -0.15) is 0 Å². The molecule has 0 atom stereocenters. The number of halogens is 2. The first kappa shape index (κ1) is 12.9. The van der Waals surface area contributed by atoms with E-state index in [1.165, 1.54) is 11.3 Å². The maximum absolute atomic E-state index is 13.9. The third-order valence-corrected chi connectivity index (χ3v) is 3.79. The van der Waals surface area contributed by atoms with Crippen molar-refractivity contribution in [2.45, 2.75) is 13.5 Å². The van der Waals surface area contributed by atoms with E-state index < -0.39 is 23.3 Å². The van der Waals surface area contributed by atoms with Crippen molar-refractivity contribution < 1.29 is 18.4 Å². The molecule has 0 radical (unpaired) electrons. The van der Waals surface area contributed by atoms with Gasteiger partial charge in [-0.05, 0) is 13.0 Å². The summed E-state index contributed by atoms with van der Waals surface area (Å²) in [6.45, 7) is 1.79. The quantitative estimate of drug-likeness (QED) is 0.799. The van der Waals surface area contributed by atoms with E-state index in [9.17, 15) is 18.4 Å². The number of benzene rings is 1. The molecule has 2 heterocycles. The lowest BCUT2D eigenvalue weighted by Gasteiger charge is -2.15. The Labute approximate surface area is 116 Å². The summed E-state index contributed by atoms with van der Waals surface area (Å²) in [5.41, 5.74) is 0.150. The molecule has 0 unspecified atom stereocenters. The highest BCUT2D eigenvalue weighted by Gasteiger charge is 2.38. The Balaban J connectivity index is 2.06. The number of rotatable bonds is 2. The van der Waals surface area contributed by atoms with Gasteiger partial charge in [0.2, 0.25) is 0 Å². The Morgan fingerprint density at radius 2 is 2.05 bits per heavy atom. The van der Waals surface area contributed by atoms with E-state index in [1.807, 2.05) is 0 Å². The molecule has 0 saturated heterocycles. The number of aromatic nitrogens is 1. The summed E-state index contributed by atoms with van der Waals surface area (Å²) < 4.78 is 27.0. The van der Waals surface area contributed by atoms with Crippen LogP contribution in [0.2, 0.25) is 0 Å². The molecular formula is C13H8F2N2O2S. The second-order valence-electron chi connectivity index (χ2n) is 4.36. The first-order chi connectivity index (χ1) is 9.47. The van der Waals surface area contributed by atoms with Gasteiger partial charge in [-0.25, -0.2) is 13.8 Å². The number of anilines is 1. The van der Waals surface area contributed by atoms with Gasteiger partial charge in [-0.3, -0.25) is 14.5 Å². The van der Waals surface area contributed by atoms with Crippen molar-refractivity contribution in [1.29, 1.82) is 0 Å². The molecule has 0 N–H and O–H groups in total. The van der Waals surface area contributed by atoms with Crippen molar-refractivity contribution in [1.82, 2.24) is 4.98 Å². The van der Waals surface area contributed by atoms with Crippen molar-refractivity contribution >= 4 is 28.7 Å². The molecule has 1 amide bonds. The van der Waals surface area contributed by atoms with Crippen LogP contribution < -0.4 is 4.90 Å². The molecule has 0 fully saturated rings. The zero-order valence-electron chi connectivity index (χ0n) is 10.3. The topological polar surface area (TPSA) is 50.3 Å². The zero-order chi connectivity index (χ0) is 14.4. The summed E-state index contributed by atoms with van der Waals surface area (Å²) in [5.74, 6) is -3.57. The Morgan fingerprint density at radius 3 is 2.70 bits per heavy atom. The fourth-order valence-corrected chi connectivity index (χ4v) is 2.75. The van der Waals surface area contributed by atoms with Crippen molar-refractivity contribution in [3.63, 3.8) is 0 Å². The number of carbonyl (C=O) groups excluding carboxylic acids is 2. The van der Waals surface area contributed by atoms with Crippen molar-refractivity contribution in [2.24, 2.45) is 0 Å². The summed E-state index contributed by atoms with van der Waals surface area (Å²) in [6, 6.07) is 1.54. The largest absolute Gasteiger partial charge is 0.299 e. The van der Waals surface area contributed by atoms with Crippen LogP contribution in [0.1, 0.15) is 21.1 Å². The zero-order valence-corrected chi connectivity index (χ0v) is 11.1. The van der Waals surface area contributed by atoms with E-state index in [0.29, 0.717) is 11.8 Å². The number of aryl methyl sites for hydroxylation is 1. The van der Waals surface area contributed by atoms with Gasteiger partial charge < -0.3 is 0 Å². The van der Waals surface area contributed by atoms with Crippen LogP contribution in [0, 0.1) is 18.6 Å². The normalized spacial score (nSPS) is 14.1. The molecule has 0 aliphatic carbocycles. The lowest BCUT2D eigenvalue weighted by molar-refractivity contribution is -0.114. The van der Waals surface area contributed by atoms with Crippen molar-refractivity contribution in [3.05, 3.63) is 45.4 Å². The summed E-state index contributed by atoms with van der Waals surface area (Å²) >= 11 is 1.39. The molecule has 0 saturated carbocycles. The Bertz CT molecular complexity index is 742. The number of fused-ring (bicyclic) bond motifs is 1. The summed E-state index contributed by atoms with van der Waals surface area (Å²) in [5, 5.41) is 2.53. The van der Waals surface area contributed by atoms with E-state index in [1.54, 1.807) is 12.3 Å². The monoisotopic (exact) mass is 294 g/mol. The number of amides is 1. The highest BCUT2D eigenvalue weighted by atomic mass is 32.1. The second-order valence-corrected chi connectivity index (χ2v) is 5.42. The van der Waals surface area contributed by atoms with Gasteiger partial charge in [-0.1, -0.05) is 0 Å². The van der Waals surface area contributed by atoms with E-state index in [0.717, 1.165) is 16.0 Å². The van der Waals surface area contributed by atoms with Gasteiger partial charge in [0.25, 0.3) is 11.7 Å². The van der Waals surface area contributed by atoms with E-state index in [4.69, 9.17) is 0 Å². The first-order valence-corrected chi connectivity index (χ1v) is 6.61. The van der Waals surface area contributed by atoms with Gasteiger partial charge in [-0.15, -0.1) is 11.3 Å². The second kappa shape index (κ2) is 4.45. The minimum absolute atomic E-state index is 0.00946. The average Bonchev–Trinajstić information content (AvgIpc) is 2.88. The van der Waals surface area contributed by atoms with E-state index in [-0.39, 0.29) is 17.8 Å². The smallest absolute Gasteiger partial charge is 0.296 e. The third-order valence-electron chi connectivity index (χ3n) is 2.97.